The van der Waals surface area contributed by atoms with E-state index in [1.54, 1.807) is 23.3 Å². The standard InChI is InChI=1S/C19H26N4O2/c1-14-5-3-4-6-18(14)25-8-7-21-19(24)16-9-15(10-20-11-16)17-12-22-23(2)13-17/h9-14,18H,3-8H2,1-2H3,(H,21,24). The van der Waals surface area contributed by atoms with Crippen LogP contribution in [0.3, 0.4) is 0 Å². The van der Waals surface area contributed by atoms with Gasteiger partial charge in [0.05, 0.1) is 24.5 Å². The van der Waals surface area contributed by atoms with Gasteiger partial charge in [-0.05, 0) is 24.8 Å². The highest BCUT2D eigenvalue weighted by Gasteiger charge is 2.21. The minimum Gasteiger partial charge on any atom is -0.376 e. The van der Waals surface area contributed by atoms with Gasteiger partial charge in [-0.15, -0.1) is 0 Å². The van der Waals surface area contributed by atoms with Gasteiger partial charge in [-0.25, -0.2) is 0 Å². The molecule has 2 aromatic heterocycles. The highest BCUT2D eigenvalue weighted by molar-refractivity contribution is 5.95. The van der Waals surface area contributed by atoms with Crippen LogP contribution in [0.1, 0.15) is 43.0 Å². The number of nitrogens with one attached hydrogen (secondary N) is 1. The third-order valence-electron chi connectivity index (χ3n) is 4.79. The molecule has 0 aromatic carbocycles. The van der Waals surface area contributed by atoms with E-state index < -0.39 is 0 Å². The summed E-state index contributed by atoms with van der Waals surface area (Å²) in [5.74, 6) is 0.489. The molecule has 1 amide bonds. The van der Waals surface area contributed by atoms with Gasteiger partial charge in [-0.2, -0.15) is 5.10 Å². The molecule has 134 valence electrons. The van der Waals surface area contributed by atoms with E-state index in [1.165, 1.54) is 19.3 Å². The molecular weight excluding hydrogens is 316 g/mol. The number of aromatic nitrogens is 3. The number of aryl methyl sites for hydroxylation is 1. The van der Waals surface area contributed by atoms with Crippen molar-refractivity contribution in [3.63, 3.8) is 0 Å². The Morgan fingerprint density at radius 1 is 1.28 bits per heavy atom. The second-order valence-electron chi connectivity index (χ2n) is 6.79. The van der Waals surface area contributed by atoms with Gasteiger partial charge in [0.15, 0.2) is 0 Å². The fourth-order valence-corrected chi connectivity index (χ4v) is 3.30. The van der Waals surface area contributed by atoms with Crippen LogP contribution in [0.2, 0.25) is 0 Å². The van der Waals surface area contributed by atoms with E-state index in [1.807, 2.05) is 19.3 Å². The summed E-state index contributed by atoms with van der Waals surface area (Å²) >= 11 is 0. The molecule has 0 saturated heterocycles. The third kappa shape index (κ3) is 4.66. The summed E-state index contributed by atoms with van der Waals surface area (Å²) in [6.45, 7) is 3.31. The van der Waals surface area contributed by atoms with Crippen molar-refractivity contribution in [3.8, 4) is 11.1 Å². The zero-order valence-electron chi connectivity index (χ0n) is 14.9. The number of hydrogen-bond acceptors (Lipinski definition) is 4. The maximum Gasteiger partial charge on any atom is 0.252 e. The van der Waals surface area contributed by atoms with Crippen molar-refractivity contribution in [3.05, 3.63) is 36.4 Å². The molecule has 6 heteroatoms. The van der Waals surface area contributed by atoms with Crippen LogP contribution in [-0.2, 0) is 11.8 Å². The number of amides is 1. The molecule has 0 radical (unpaired) electrons. The fourth-order valence-electron chi connectivity index (χ4n) is 3.30. The second kappa shape index (κ2) is 8.25. The molecule has 6 nitrogen and oxygen atoms in total. The van der Waals surface area contributed by atoms with Crippen molar-refractivity contribution in [1.82, 2.24) is 20.1 Å². The largest absolute Gasteiger partial charge is 0.376 e. The van der Waals surface area contributed by atoms with Crippen LogP contribution >= 0.6 is 0 Å². The minimum absolute atomic E-state index is 0.126. The third-order valence-corrected chi connectivity index (χ3v) is 4.79. The van der Waals surface area contributed by atoms with Gasteiger partial charge in [0, 0.05) is 43.3 Å². The van der Waals surface area contributed by atoms with Gasteiger partial charge in [-0.1, -0.05) is 19.8 Å². The molecular formula is C19H26N4O2. The summed E-state index contributed by atoms with van der Waals surface area (Å²) in [7, 11) is 1.86. The topological polar surface area (TPSA) is 69.0 Å². The molecule has 2 atom stereocenters. The normalized spacial score (nSPS) is 20.4. The van der Waals surface area contributed by atoms with Crippen LogP contribution in [0.25, 0.3) is 11.1 Å². The molecule has 0 bridgehead atoms. The predicted molar refractivity (Wildman–Crippen MR) is 96.1 cm³/mol. The van der Waals surface area contributed by atoms with Crippen molar-refractivity contribution in [1.29, 1.82) is 0 Å². The van der Waals surface area contributed by atoms with E-state index in [9.17, 15) is 4.79 Å². The van der Waals surface area contributed by atoms with E-state index in [4.69, 9.17) is 4.74 Å². The molecule has 2 aromatic rings. The van der Waals surface area contributed by atoms with Gasteiger partial charge in [0.2, 0.25) is 0 Å². The summed E-state index contributed by atoms with van der Waals surface area (Å²) in [5.41, 5.74) is 2.37. The Hall–Kier alpha value is -2.21. The minimum atomic E-state index is -0.126. The lowest BCUT2D eigenvalue weighted by molar-refractivity contribution is -0.00293. The number of hydrogen-bond donors (Lipinski definition) is 1. The summed E-state index contributed by atoms with van der Waals surface area (Å²) in [4.78, 5) is 16.5. The van der Waals surface area contributed by atoms with Crippen LogP contribution in [0.4, 0.5) is 0 Å². The lowest BCUT2D eigenvalue weighted by atomic mass is 9.88. The number of carbonyl (C=O) groups is 1. The highest BCUT2D eigenvalue weighted by Crippen LogP contribution is 2.26. The molecule has 2 heterocycles. The van der Waals surface area contributed by atoms with Gasteiger partial charge in [0.25, 0.3) is 5.91 Å². The zero-order valence-corrected chi connectivity index (χ0v) is 14.9. The van der Waals surface area contributed by atoms with Crippen LogP contribution in [0.5, 0.6) is 0 Å². The lowest BCUT2D eigenvalue weighted by Gasteiger charge is -2.28. The van der Waals surface area contributed by atoms with Crippen molar-refractivity contribution < 1.29 is 9.53 Å². The number of nitrogens with zero attached hydrogens (tertiary/aromatic N) is 3. The number of rotatable bonds is 6. The maximum absolute atomic E-state index is 12.3. The maximum atomic E-state index is 12.3. The number of carbonyl (C=O) groups excluding carboxylic acids is 1. The summed E-state index contributed by atoms with van der Waals surface area (Å²) in [6, 6.07) is 1.84. The van der Waals surface area contributed by atoms with Crippen molar-refractivity contribution in [2.45, 2.75) is 38.7 Å². The van der Waals surface area contributed by atoms with Crippen LogP contribution in [0, 0.1) is 5.92 Å². The molecule has 1 aliphatic rings. The number of ether oxygens (including phenoxy) is 1. The Morgan fingerprint density at radius 2 is 2.12 bits per heavy atom. The van der Waals surface area contributed by atoms with E-state index in [2.05, 4.69) is 22.3 Å². The molecule has 1 aliphatic carbocycles. The molecule has 2 unspecified atom stereocenters. The first-order chi connectivity index (χ1) is 12.1. The highest BCUT2D eigenvalue weighted by atomic mass is 16.5. The Balaban J connectivity index is 1.50. The molecule has 0 aliphatic heterocycles. The first kappa shape index (κ1) is 17.6. The van der Waals surface area contributed by atoms with E-state index >= 15 is 0 Å². The van der Waals surface area contributed by atoms with Crippen LogP contribution < -0.4 is 5.32 Å². The zero-order chi connectivity index (χ0) is 17.6. The van der Waals surface area contributed by atoms with E-state index in [-0.39, 0.29) is 5.91 Å². The van der Waals surface area contributed by atoms with Crippen LogP contribution in [-0.4, -0.2) is 39.9 Å². The Morgan fingerprint density at radius 3 is 2.88 bits per heavy atom. The molecule has 1 N–H and O–H groups in total. The first-order valence-corrected chi connectivity index (χ1v) is 8.97. The SMILES string of the molecule is CC1CCCCC1OCCNC(=O)c1cncc(-c2cnn(C)c2)c1. The van der Waals surface area contributed by atoms with E-state index in [0.717, 1.165) is 17.5 Å². The predicted octanol–water partition coefficient (Wildman–Crippen LogP) is 2.81. The Labute approximate surface area is 148 Å². The molecule has 25 heavy (non-hydrogen) atoms. The van der Waals surface area contributed by atoms with Gasteiger partial charge in [-0.3, -0.25) is 14.5 Å². The Bertz CT molecular complexity index is 713. The van der Waals surface area contributed by atoms with Gasteiger partial charge >= 0.3 is 0 Å². The Kier molecular flexibility index (Phi) is 5.81. The van der Waals surface area contributed by atoms with Crippen molar-refractivity contribution in [2.75, 3.05) is 13.2 Å². The monoisotopic (exact) mass is 342 g/mol. The van der Waals surface area contributed by atoms with Crippen molar-refractivity contribution in [2.24, 2.45) is 13.0 Å². The smallest absolute Gasteiger partial charge is 0.252 e. The summed E-state index contributed by atoms with van der Waals surface area (Å²) in [5, 5.41) is 7.06. The fraction of sp³-hybridized carbons (Fsp3) is 0.526. The van der Waals surface area contributed by atoms with Gasteiger partial charge < -0.3 is 10.1 Å². The van der Waals surface area contributed by atoms with Gasteiger partial charge in [0.1, 0.15) is 0 Å². The van der Waals surface area contributed by atoms with Crippen LogP contribution in [0.15, 0.2) is 30.9 Å². The second-order valence-corrected chi connectivity index (χ2v) is 6.79. The average molecular weight is 342 g/mol. The van der Waals surface area contributed by atoms with Crippen molar-refractivity contribution >= 4 is 5.91 Å². The molecule has 3 rings (SSSR count). The molecule has 0 spiro atoms. The van der Waals surface area contributed by atoms with E-state index in [0.29, 0.717) is 30.7 Å². The average Bonchev–Trinajstić information content (AvgIpc) is 3.06. The summed E-state index contributed by atoms with van der Waals surface area (Å²) in [6.07, 6.45) is 12.2. The molecule has 1 saturated carbocycles. The first-order valence-electron chi connectivity index (χ1n) is 8.97. The quantitative estimate of drug-likeness (QED) is 0.820. The summed E-state index contributed by atoms with van der Waals surface area (Å²) < 4.78 is 7.66. The lowest BCUT2D eigenvalue weighted by Crippen LogP contribution is -2.31. The number of pyridine rings is 1. The molecule has 1 fully saturated rings.